The van der Waals surface area contributed by atoms with E-state index in [9.17, 15) is 14.4 Å². The van der Waals surface area contributed by atoms with Gasteiger partial charge in [-0.1, -0.05) is 48.5 Å². The van der Waals surface area contributed by atoms with Crippen molar-refractivity contribution >= 4 is 28.9 Å². The number of ether oxygens (including phenoxy) is 2. The second-order valence-electron chi connectivity index (χ2n) is 8.23. The van der Waals surface area contributed by atoms with Crippen LogP contribution in [0.25, 0.3) is 10.9 Å². The fourth-order valence-corrected chi connectivity index (χ4v) is 4.47. The largest absolute Gasteiger partial charge is 0.459 e. The van der Waals surface area contributed by atoms with Crippen molar-refractivity contribution in [1.29, 1.82) is 0 Å². The fraction of sp³-hybridized carbons (Fsp3) is 0.333. The molecule has 170 valence electrons. The number of fused-ring (bicyclic) bond motifs is 1. The maximum Gasteiger partial charge on any atom is 0.410 e. The molecule has 0 bridgehead atoms. The van der Waals surface area contributed by atoms with Crippen molar-refractivity contribution in [3.8, 4) is 0 Å². The van der Waals surface area contributed by atoms with Crippen molar-refractivity contribution in [2.45, 2.75) is 31.5 Å². The van der Waals surface area contributed by atoms with Gasteiger partial charge in [0.05, 0.1) is 5.52 Å². The lowest BCUT2D eigenvalue weighted by molar-refractivity contribution is -0.150. The molecule has 3 heterocycles. The Morgan fingerprint density at radius 2 is 1.79 bits per heavy atom. The highest BCUT2D eigenvalue weighted by Crippen LogP contribution is 2.26. The maximum absolute atomic E-state index is 13.0. The zero-order chi connectivity index (χ0) is 22.8. The van der Waals surface area contributed by atoms with Crippen LogP contribution < -0.4 is 0 Å². The normalized spacial score (nSPS) is 19.0. The molecule has 1 aromatic heterocycles. The summed E-state index contributed by atoms with van der Waals surface area (Å²) in [6.45, 7) is 1.04. The van der Waals surface area contributed by atoms with Crippen LogP contribution >= 0.6 is 0 Å². The van der Waals surface area contributed by atoms with Crippen molar-refractivity contribution in [2.75, 3.05) is 19.7 Å². The average Bonchev–Trinajstić information content (AvgIpc) is 3.46. The van der Waals surface area contributed by atoms with Gasteiger partial charge >= 0.3 is 12.1 Å². The topological polar surface area (TPSA) is 105 Å². The maximum atomic E-state index is 13.0. The molecule has 0 spiro atoms. The second kappa shape index (κ2) is 8.93. The van der Waals surface area contributed by atoms with Crippen molar-refractivity contribution in [2.24, 2.45) is 0 Å². The SMILES string of the molecule is O=C(OCc1ccccc1)[C@@H]1COC(=O)N1C1CCN(C(=O)c2n[nH]c3ccccc23)CC1. The number of piperidine rings is 1. The van der Waals surface area contributed by atoms with Crippen molar-refractivity contribution in [1.82, 2.24) is 20.0 Å². The molecule has 2 aliphatic heterocycles. The summed E-state index contributed by atoms with van der Waals surface area (Å²) in [5.41, 5.74) is 2.08. The van der Waals surface area contributed by atoms with E-state index in [2.05, 4.69) is 10.2 Å². The number of hydrogen-bond donors (Lipinski definition) is 1. The van der Waals surface area contributed by atoms with Gasteiger partial charge in [-0.25, -0.2) is 9.59 Å². The first kappa shape index (κ1) is 21.0. The predicted octanol–water partition coefficient (Wildman–Crippen LogP) is 2.73. The number of rotatable bonds is 5. The number of amides is 2. The van der Waals surface area contributed by atoms with Gasteiger partial charge in [0.15, 0.2) is 11.7 Å². The van der Waals surface area contributed by atoms with E-state index in [1.165, 1.54) is 4.90 Å². The van der Waals surface area contributed by atoms with Gasteiger partial charge in [0, 0.05) is 24.5 Å². The first-order valence-corrected chi connectivity index (χ1v) is 11.0. The summed E-state index contributed by atoms with van der Waals surface area (Å²) in [6, 6.07) is 15.9. The van der Waals surface area contributed by atoms with E-state index < -0.39 is 18.1 Å². The Labute approximate surface area is 190 Å². The number of carbonyl (C=O) groups is 3. The number of H-pyrrole nitrogens is 1. The van der Waals surface area contributed by atoms with E-state index in [1.807, 2.05) is 54.6 Å². The minimum atomic E-state index is -0.774. The standard InChI is InChI=1S/C24H24N4O5/c29-22(21-18-8-4-5-9-19(18)25-26-21)27-12-10-17(11-13-27)28-20(15-33-24(28)31)23(30)32-14-16-6-2-1-3-7-16/h1-9,17,20H,10-15H2,(H,25,26)/t20-/m0/s1. The fourth-order valence-electron chi connectivity index (χ4n) is 4.47. The van der Waals surface area contributed by atoms with Gasteiger partial charge in [0.2, 0.25) is 0 Å². The quantitative estimate of drug-likeness (QED) is 0.602. The van der Waals surface area contributed by atoms with E-state index in [0.29, 0.717) is 31.6 Å². The van der Waals surface area contributed by atoms with Gasteiger partial charge in [-0.05, 0) is 24.5 Å². The number of hydrogen-bond acceptors (Lipinski definition) is 6. The summed E-state index contributed by atoms with van der Waals surface area (Å²) in [6.07, 6.45) is 0.580. The third-order valence-corrected chi connectivity index (χ3v) is 6.23. The summed E-state index contributed by atoms with van der Waals surface area (Å²) >= 11 is 0. The van der Waals surface area contributed by atoms with Crippen LogP contribution in [0.15, 0.2) is 54.6 Å². The van der Waals surface area contributed by atoms with E-state index in [-0.39, 0.29) is 25.2 Å². The Bertz CT molecular complexity index is 1170. The smallest absolute Gasteiger partial charge is 0.410 e. The molecule has 5 rings (SSSR count). The molecule has 0 aliphatic carbocycles. The Kier molecular flexibility index (Phi) is 5.68. The summed E-state index contributed by atoms with van der Waals surface area (Å²) in [5, 5.41) is 7.88. The molecule has 3 aromatic rings. The lowest BCUT2D eigenvalue weighted by Gasteiger charge is -2.37. The van der Waals surface area contributed by atoms with Gasteiger partial charge in [-0.2, -0.15) is 5.10 Å². The molecule has 0 saturated carbocycles. The van der Waals surface area contributed by atoms with Crippen LogP contribution in [0.4, 0.5) is 4.79 Å². The number of esters is 1. The van der Waals surface area contributed by atoms with E-state index in [1.54, 1.807) is 4.90 Å². The molecule has 2 amide bonds. The molecule has 0 unspecified atom stereocenters. The van der Waals surface area contributed by atoms with E-state index >= 15 is 0 Å². The number of aromatic nitrogens is 2. The van der Waals surface area contributed by atoms with Crippen LogP contribution in [0.5, 0.6) is 0 Å². The van der Waals surface area contributed by atoms with Gasteiger partial charge < -0.3 is 14.4 Å². The number of nitrogens with one attached hydrogen (secondary N) is 1. The van der Waals surface area contributed by atoms with Crippen molar-refractivity contribution in [3.63, 3.8) is 0 Å². The highest BCUT2D eigenvalue weighted by Gasteiger charge is 2.44. The van der Waals surface area contributed by atoms with E-state index in [0.717, 1.165) is 16.5 Å². The number of nitrogens with zero attached hydrogens (tertiary/aromatic N) is 3. The third-order valence-electron chi connectivity index (χ3n) is 6.23. The Morgan fingerprint density at radius 3 is 2.58 bits per heavy atom. The summed E-state index contributed by atoms with van der Waals surface area (Å²) < 4.78 is 10.6. The average molecular weight is 448 g/mol. The van der Waals surface area contributed by atoms with Crippen LogP contribution in [-0.2, 0) is 20.9 Å². The molecule has 9 nitrogen and oxygen atoms in total. The Hall–Kier alpha value is -3.88. The summed E-state index contributed by atoms with van der Waals surface area (Å²) in [4.78, 5) is 41.4. The molecule has 33 heavy (non-hydrogen) atoms. The van der Waals surface area contributed by atoms with Crippen LogP contribution in [0.1, 0.15) is 28.9 Å². The van der Waals surface area contributed by atoms with Gasteiger partial charge in [0.1, 0.15) is 13.2 Å². The van der Waals surface area contributed by atoms with Gasteiger partial charge in [-0.3, -0.25) is 14.8 Å². The highest BCUT2D eigenvalue weighted by atomic mass is 16.6. The lowest BCUT2D eigenvalue weighted by Crippen LogP contribution is -2.52. The second-order valence-corrected chi connectivity index (χ2v) is 8.23. The zero-order valence-corrected chi connectivity index (χ0v) is 18.0. The molecule has 2 aliphatic rings. The van der Waals surface area contributed by atoms with Crippen molar-refractivity contribution < 1.29 is 23.9 Å². The van der Waals surface area contributed by atoms with Crippen LogP contribution in [0, 0.1) is 0 Å². The number of para-hydroxylation sites is 1. The number of benzene rings is 2. The molecule has 2 aromatic carbocycles. The number of aromatic amines is 1. The van der Waals surface area contributed by atoms with Crippen molar-refractivity contribution in [3.05, 3.63) is 65.9 Å². The molecule has 1 N–H and O–H groups in total. The summed E-state index contributed by atoms with van der Waals surface area (Å²) in [5.74, 6) is -0.625. The minimum absolute atomic E-state index is 0.0230. The molecule has 9 heteroatoms. The van der Waals surface area contributed by atoms with Crippen LogP contribution in [0.2, 0.25) is 0 Å². The Morgan fingerprint density at radius 1 is 1.06 bits per heavy atom. The Balaban J connectivity index is 1.21. The zero-order valence-electron chi connectivity index (χ0n) is 18.0. The first-order chi connectivity index (χ1) is 16.1. The van der Waals surface area contributed by atoms with Crippen LogP contribution in [0.3, 0.4) is 0 Å². The monoisotopic (exact) mass is 448 g/mol. The molecule has 2 fully saturated rings. The van der Waals surface area contributed by atoms with Crippen LogP contribution in [-0.4, -0.2) is 69.7 Å². The molecule has 1 atom stereocenters. The molecular formula is C24H24N4O5. The highest BCUT2D eigenvalue weighted by molar-refractivity contribution is 6.04. The van der Waals surface area contributed by atoms with Gasteiger partial charge in [-0.15, -0.1) is 0 Å². The predicted molar refractivity (Wildman–Crippen MR) is 118 cm³/mol. The number of carbonyl (C=O) groups excluding carboxylic acids is 3. The molecule has 2 saturated heterocycles. The third kappa shape index (κ3) is 4.13. The lowest BCUT2D eigenvalue weighted by atomic mass is 10.0. The van der Waals surface area contributed by atoms with E-state index in [4.69, 9.17) is 9.47 Å². The number of likely N-dealkylation sites (tertiary alicyclic amines) is 1. The molecule has 0 radical (unpaired) electrons. The number of cyclic esters (lactones) is 1. The molecular weight excluding hydrogens is 424 g/mol. The first-order valence-electron chi connectivity index (χ1n) is 11.0. The van der Waals surface area contributed by atoms with Gasteiger partial charge in [0.25, 0.3) is 5.91 Å². The summed E-state index contributed by atoms with van der Waals surface area (Å²) in [7, 11) is 0. The minimum Gasteiger partial charge on any atom is -0.459 e.